The Balaban J connectivity index is 2.12. The third-order valence-electron chi connectivity index (χ3n) is 3.89. The van der Waals surface area contributed by atoms with Crippen molar-refractivity contribution in [3.05, 3.63) is 53.5 Å². The minimum atomic E-state index is -4.88. The van der Waals surface area contributed by atoms with Gasteiger partial charge in [0.2, 0.25) is 5.78 Å². The van der Waals surface area contributed by atoms with Gasteiger partial charge in [0.15, 0.2) is 5.75 Å². The summed E-state index contributed by atoms with van der Waals surface area (Å²) in [4.78, 5) is 31.2. The molecular weight excluding hydrogens is 377 g/mol. The SMILES string of the molecule is CCc1ccnc(C(=O)c2[nH]c3ccc(OC(F)(F)F)cc3c2OC(C)=O)c1. The number of nitrogens with zero attached hydrogens (tertiary/aromatic N) is 1. The highest BCUT2D eigenvalue weighted by Crippen LogP contribution is 2.35. The summed E-state index contributed by atoms with van der Waals surface area (Å²) in [6, 6.07) is 6.80. The van der Waals surface area contributed by atoms with Gasteiger partial charge in [-0.25, -0.2) is 0 Å². The van der Waals surface area contributed by atoms with Crippen LogP contribution in [0.5, 0.6) is 11.5 Å². The number of ketones is 1. The molecule has 3 rings (SSSR count). The van der Waals surface area contributed by atoms with Crippen LogP contribution in [0.4, 0.5) is 13.2 Å². The number of aromatic nitrogens is 2. The Kier molecular flexibility index (Phi) is 5.08. The van der Waals surface area contributed by atoms with Crippen molar-refractivity contribution >= 4 is 22.7 Å². The summed E-state index contributed by atoms with van der Waals surface area (Å²) in [5.74, 6) is -1.96. The van der Waals surface area contributed by atoms with E-state index >= 15 is 0 Å². The number of rotatable bonds is 5. The van der Waals surface area contributed by atoms with E-state index in [4.69, 9.17) is 4.74 Å². The van der Waals surface area contributed by atoms with E-state index in [-0.39, 0.29) is 22.5 Å². The number of aromatic amines is 1. The zero-order chi connectivity index (χ0) is 20.5. The first-order valence-electron chi connectivity index (χ1n) is 8.27. The van der Waals surface area contributed by atoms with E-state index in [0.717, 1.165) is 24.6 Å². The van der Waals surface area contributed by atoms with Crippen LogP contribution in [-0.4, -0.2) is 28.1 Å². The lowest BCUT2D eigenvalue weighted by Gasteiger charge is -2.09. The van der Waals surface area contributed by atoms with Crippen LogP contribution in [0.25, 0.3) is 10.9 Å². The number of nitrogens with one attached hydrogen (secondary N) is 1. The molecule has 1 N–H and O–H groups in total. The Labute approximate surface area is 157 Å². The van der Waals surface area contributed by atoms with Gasteiger partial charge in [0.1, 0.15) is 17.1 Å². The zero-order valence-electron chi connectivity index (χ0n) is 14.9. The van der Waals surface area contributed by atoms with Gasteiger partial charge in [-0.15, -0.1) is 13.2 Å². The zero-order valence-corrected chi connectivity index (χ0v) is 14.9. The van der Waals surface area contributed by atoms with Gasteiger partial charge in [-0.2, -0.15) is 0 Å². The molecule has 0 aliphatic carbocycles. The van der Waals surface area contributed by atoms with Gasteiger partial charge < -0.3 is 14.5 Å². The van der Waals surface area contributed by atoms with Crippen molar-refractivity contribution < 1.29 is 32.2 Å². The van der Waals surface area contributed by atoms with Gasteiger partial charge in [-0.05, 0) is 42.3 Å². The molecule has 0 fully saturated rings. The second kappa shape index (κ2) is 7.34. The number of hydrogen-bond donors (Lipinski definition) is 1. The van der Waals surface area contributed by atoms with Crippen LogP contribution in [0.1, 0.15) is 35.6 Å². The predicted octanol–water partition coefficient (Wildman–Crippen LogP) is 4.18. The number of pyridine rings is 1. The molecule has 0 saturated carbocycles. The van der Waals surface area contributed by atoms with Gasteiger partial charge in [-0.3, -0.25) is 14.6 Å². The summed E-state index contributed by atoms with van der Waals surface area (Å²) in [7, 11) is 0. The van der Waals surface area contributed by atoms with Gasteiger partial charge in [0.25, 0.3) is 0 Å². The quantitative estimate of drug-likeness (QED) is 0.520. The number of ether oxygens (including phenoxy) is 2. The second-order valence-electron chi connectivity index (χ2n) is 5.91. The van der Waals surface area contributed by atoms with E-state index < -0.39 is 23.9 Å². The van der Waals surface area contributed by atoms with Crippen molar-refractivity contribution in [1.82, 2.24) is 9.97 Å². The molecule has 0 radical (unpaired) electrons. The lowest BCUT2D eigenvalue weighted by Crippen LogP contribution is -2.17. The number of aryl methyl sites for hydroxylation is 1. The highest BCUT2D eigenvalue weighted by Gasteiger charge is 2.31. The molecule has 9 heteroatoms. The van der Waals surface area contributed by atoms with Gasteiger partial charge in [0, 0.05) is 18.5 Å². The first-order valence-corrected chi connectivity index (χ1v) is 8.27. The lowest BCUT2D eigenvalue weighted by atomic mass is 10.1. The summed E-state index contributed by atoms with van der Waals surface area (Å²) in [6.45, 7) is 3.04. The maximum atomic E-state index is 12.9. The van der Waals surface area contributed by atoms with Crippen molar-refractivity contribution in [3.63, 3.8) is 0 Å². The summed E-state index contributed by atoms with van der Waals surface area (Å²) in [5, 5.41) is 0.104. The first-order chi connectivity index (χ1) is 13.2. The summed E-state index contributed by atoms with van der Waals surface area (Å²) in [6.07, 6.45) is -2.71. The van der Waals surface area contributed by atoms with Crippen molar-refractivity contribution in [1.29, 1.82) is 0 Å². The predicted molar refractivity (Wildman–Crippen MR) is 93.3 cm³/mol. The van der Waals surface area contributed by atoms with Crippen molar-refractivity contribution in [2.45, 2.75) is 26.6 Å². The molecule has 0 amide bonds. The molecule has 0 unspecified atom stereocenters. The monoisotopic (exact) mass is 392 g/mol. The number of benzene rings is 1. The van der Waals surface area contributed by atoms with Gasteiger partial charge in [-0.1, -0.05) is 6.92 Å². The van der Waals surface area contributed by atoms with Crippen LogP contribution in [0.2, 0.25) is 0 Å². The van der Waals surface area contributed by atoms with E-state index in [9.17, 15) is 22.8 Å². The molecule has 2 aromatic heterocycles. The van der Waals surface area contributed by atoms with E-state index in [1.807, 2.05) is 6.92 Å². The molecule has 0 aliphatic heterocycles. The number of fused-ring (bicyclic) bond motifs is 1. The minimum Gasteiger partial charge on any atom is -0.424 e. The van der Waals surface area contributed by atoms with E-state index in [1.165, 1.54) is 12.3 Å². The van der Waals surface area contributed by atoms with Crippen LogP contribution in [0, 0.1) is 0 Å². The second-order valence-corrected chi connectivity index (χ2v) is 5.91. The molecule has 0 saturated heterocycles. The maximum Gasteiger partial charge on any atom is 0.573 e. The molecule has 28 heavy (non-hydrogen) atoms. The Morgan fingerprint density at radius 2 is 1.93 bits per heavy atom. The number of halogens is 3. The van der Waals surface area contributed by atoms with Crippen LogP contribution < -0.4 is 9.47 Å². The van der Waals surface area contributed by atoms with Crippen LogP contribution >= 0.6 is 0 Å². The van der Waals surface area contributed by atoms with Crippen molar-refractivity contribution in [3.8, 4) is 11.5 Å². The lowest BCUT2D eigenvalue weighted by molar-refractivity contribution is -0.274. The first kappa shape index (κ1) is 19.4. The largest absolute Gasteiger partial charge is 0.573 e. The number of alkyl halides is 3. The van der Waals surface area contributed by atoms with Crippen molar-refractivity contribution in [2.24, 2.45) is 0 Å². The molecule has 3 aromatic rings. The summed E-state index contributed by atoms with van der Waals surface area (Å²) < 4.78 is 46.5. The fourth-order valence-corrected chi connectivity index (χ4v) is 2.70. The number of carbonyl (C=O) groups excluding carboxylic acids is 2. The average molecular weight is 392 g/mol. The molecule has 2 heterocycles. The maximum absolute atomic E-state index is 12.9. The Hall–Kier alpha value is -3.36. The average Bonchev–Trinajstić information content (AvgIpc) is 2.97. The smallest absolute Gasteiger partial charge is 0.424 e. The molecule has 0 atom stereocenters. The topological polar surface area (TPSA) is 81.3 Å². The number of hydrogen-bond acceptors (Lipinski definition) is 5. The third kappa shape index (κ3) is 4.13. The highest BCUT2D eigenvalue weighted by atomic mass is 19.4. The highest BCUT2D eigenvalue weighted by molar-refractivity contribution is 6.13. The van der Waals surface area contributed by atoms with E-state index in [1.54, 1.807) is 12.1 Å². The number of carbonyl (C=O) groups is 2. The number of H-pyrrole nitrogens is 1. The fraction of sp³-hybridized carbons (Fsp3) is 0.211. The third-order valence-corrected chi connectivity index (χ3v) is 3.89. The normalized spacial score (nSPS) is 11.5. The molecule has 0 aliphatic rings. The van der Waals surface area contributed by atoms with Crippen molar-refractivity contribution in [2.75, 3.05) is 0 Å². The standard InChI is InChI=1S/C19H15F3N2O4/c1-3-11-6-7-23-15(8-11)17(26)16-18(27-10(2)25)13-9-12(28-19(20,21)22)4-5-14(13)24-16/h4-9,24H,3H2,1-2H3. The van der Waals surface area contributed by atoms with Crippen LogP contribution in [-0.2, 0) is 11.2 Å². The van der Waals surface area contributed by atoms with Gasteiger partial charge >= 0.3 is 12.3 Å². The van der Waals surface area contributed by atoms with Crippen LogP contribution in [0.3, 0.4) is 0 Å². The fourth-order valence-electron chi connectivity index (χ4n) is 2.70. The summed E-state index contributed by atoms with van der Waals surface area (Å²) >= 11 is 0. The summed E-state index contributed by atoms with van der Waals surface area (Å²) in [5.41, 5.74) is 1.21. The van der Waals surface area contributed by atoms with E-state index in [2.05, 4.69) is 14.7 Å². The molecule has 146 valence electrons. The Morgan fingerprint density at radius 3 is 2.57 bits per heavy atom. The molecular formula is C19H15F3N2O4. The molecule has 0 bridgehead atoms. The molecule has 6 nitrogen and oxygen atoms in total. The van der Waals surface area contributed by atoms with Gasteiger partial charge in [0.05, 0.1) is 5.52 Å². The van der Waals surface area contributed by atoms with Crippen LogP contribution in [0.15, 0.2) is 36.5 Å². The minimum absolute atomic E-state index is 0.0879. The molecule has 0 spiro atoms. The Morgan fingerprint density at radius 1 is 1.18 bits per heavy atom. The number of esters is 1. The Bertz CT molecular complexity index is 1060. The van der Waals surface area contributed by atoms with E-state index in [0.29, 0.717) is 11.9 Å². The molecule has 1 aromatic carbocycles.